The van der Waals surface area contributed by atoms with Gasteiger partial charge in [0.05, 0.1) is 0 Å². The fraction of sp³-hybridized carbons (Fsp3) is 0.571. The van der Waals surface area contributed by atoms with Gasteiger partial charge in [-0.25, -0.2) is 0 Å². The number of hydrogen-bond donors (Lipinski definition) is 1. The Kier molecular flexibility index (Phi) is 4.45. The zero-order chi connectivity index (χ0) is 16.6. The van der Waals surface area contributed by atoms with Crippen LogP contribution >= 0.6 is 0 Å². The van der Waals surface area contributed by atoms with Crippen LogP contribution in [0.3, 0.4) is 0 Å². The molecule has 0 amide bonds. The van der Waals surface area contributed by atoms with Gasteiger partial charge >= 0.3 is 15.6 Å². The van der Waals surface area contributed by atoms with Gasteiger partial charge in [0.25, 0.3) is 0 Å². The van der Waals surface area contributed by atoms with Crippen LogP contribution in [-0.4, -0.2) is 27.0 Å². The van der Waals surface area contributed by atoms with E-state index in [4.69, 9.17) is 0 Å². The highest BCUT2D eigenvalue weighted by Crippen LogP contribution is 2.39. The number of benzene rings is 1. The number of alkyl halides is 3. The van der Waals surface area contributed by atoms with E-state index >= 15 is 0 Å². The minimum absolute atomic E-state index is 0.243. The second-order valence-corrected chi connectivity index (χ2v) is 7.32. The van der Waals surface area contributed by atoms with Crippen molar-refractivity contribution in [1.82, 2.24) is 5.32 Å². The second kappa shape index (κ2) is 5.73. The Bertz CT molecular complexity index is 645. The molecule has 4 nitrogen and oxygen atoms in total. The normalized spacial score (nSPS) is 26.7. The van der Waals surface area contributed by atoms with Crippen molar-refractivity contribution in [3.8, 4) is 5.75 Å². The molecule has 1 heterocycles. The summed E-state index contributed by atoms with van der Waals surface area (Å²) in [6.07, 6.45) is 0.809. The fourth-order valence-corrected chi connectivity index (χ4v) is 3.10. The number of halogens is 3. The molecule has 1 aromatic carbocycles. The van der Waals surface area contributed by atoms with Crippen LogP contribution < -0.4 is 9.50 Å². The summed E-state index contributed by atoms with van der Waals surface area (Å²) >= 11 is 0. The molecule has 0 spiro atoms. The Morgan fingerprint density at radius 3 is 2.64 bits per heavy atom. The highest BCUT2D eigenvalue weighted by Gasteiger charge is 2.48. The van der Waals surface area contributed by atoms with E-state index in [1.165, 1.54) is 18.2 Å². The number of rotatable bonds is 3. The third-order valence-electron chi connectivity index (χ3n) is 4.34. The minimum Gasteiger partial charge on any atom is -0.376 e. The molecule has 0 aromatic heterocycles. The van der Waals surface area contributed by atoms with Crippen LogP contribution in [0.4, 0.5) is 13.2 Å². The maximum atomic E-state index is 12.4. The van der Waals surface area contributed by atoms with Crippen LogP contribution in [0.1, 0.15) is 25.8 Å². The average molecular weight is 337 g/mol. The molecule has 1 aromatic rings. The predicted octanol–water partition coefficient (Wildman–Crippen LogP) is 2.80. The molecular weight excluding hydrogens is 319 g/mol. The highest BCUT2D eigenvalue weighted by molar-refractivity contribution is 7.88. The lowest BCUT2D eigenvalue weighted by atomic mass is 9.68. The van der Waals surface area contributed by atoms with Crippen molar-refractivity contribution in [2.45, 2.75) is 31.2 Å². The first-order chi connectivity index (χ1) is 10.1. The third kappa shape index (κ3) is 3.22. The molecule has 8 heteroatoms. The zero-order valence-corrected chi connectivity index (χ0v) is 13.1. The van der Waals surface area contributed by atoms with Gasteiger partial charge in [-0.05, 0) is 48.5 Å². The maximum Gasteiger partial charge on any atom is 0.534 e. The lowest BCUT2D eigenvalue weighted by Crippen LogP contribution is -2.44. The Morgan fingerprint density at radius 1 is 1.36 bits per heavy atom. The van der Waals surface area contributed by atoms with E-state index in [1.807, 2.05) is 13.8 Å². The van der Waals surface area contributed by atoms with Crippen molar-refractivity contribution < 1.29 is 25.8 Å². The van der Waals surface area contributed by atoms with Crippen LogP contribution in [0.2, 0.25) is 0 Å². The van der Waals surface area contributed by atoms with Crippen LogP contribution in [0.15, 0.2) is 24.3 Å². The molecule has 124 valence electrons. The Balaban J connectivity index is 2.31. The summed E-state index contributed by atoms with van der Waals surface area (Å²) in [5.74, 6) is -0.0579. The standard InChI is InChI=1S/C14H18F3NO3S/c1-10-9-18-7-6-13(10,2)11-4-3-5-12(8-11)21-22(19,20)14(15,16)17/h3-5,8,10,18H,6-7,9H2,1-2H3. The van der Waals surface area contributed by atoms with Gasteiger partial charge in [0.1, 0.15) is 5.75 Å². The first-order valence-corrected chi connectivity index (χ1v) is 8.29. The molecular formula is C14H18F3NO3S. The molecule has 2 atom stereocenters. The van der Waals surface area contributed by atoms with Crippen molar-refractivity contribution in [3.63, 3.8) is 0 Å². The van der Waals surface area contributed by atoms with E-state index in [9.17, 15) is 21.6 Å². The number of piperidine rings is 1. The van der Waals surface area contributed by atoms with Crippen LogP contribution in [-0.2, 0) is 15.5 Å². The van der Waals surface area contributed by atoms with Crippen LogP contribution in [0.5, 0.6) is 5.75 Å². The number of nitrogens with one attached hydrogen (secondary N) is 1. The van der Waals surface area contributed by atoms with Gasteiger partial charge in [-0.15, -0.1) is 0 Å². The third-order valence-corrected chi connectivity index (χ3v) is 5.32. The first-order valence-electron chi connectivity index (χ1n) is 6.88. The molecule has 22 heavy (non-hydrogen) atoms. The summed E-state index contributed by atoms with van der Waals surface area (Å²) in [6, 6.07) is 5.89. The monoisotopic (exact) mass is 337 g/mol. The van der Waals surface area contributed by atoms with Gasteiger partial charge in [-0.1, -0.05) is 26.0 Å². The van der Waals surface area contributed by atoms with Gasteiger partial charge in [0.2, 0.25) is 0 Å². The molecule has 2 rings (SSSR count). The number of hydrogen-bond acceptors (Lipinski definition) is 4. The molecule has 1 aliphatic heterocycles. The summed E-state index contributed by atoms with van der Waals surface area (Å²) in [5, 5.41) is 3.26. The van der Waals surface area contributed by atoms with E-state index in [1.54, 1.807) is 6.07 Å². The minimum atomic E-state index is -5.64. The van der Waals surface area contributed by atoms with Crippen molar-refractivity contribution in [1.29, 1.82) is 0 Å². The summed E-state index contributed by atoms with van der Waals surface area (Å²) < 4.78 is 63.6. The predicted molar refractivity (Wildman–Crippen MR) is 76.0 cm³/mol. The van der Waals surface area contributed by atoms with E-state index in [0.717, 1.165) is 25.1 Å². The quantitative estimate of drug-likeness (QED) is 0.681. The van der Waals surface area contributed by atoms with Gasteiger partial charge in [-0.3, -0.25) is 0 Å². The smallest absolute Gasteiger partial charge is 0.376 e. The molecule has 0 aliphatic carbocycles. The SMILES string of the molecule is CC1CNCCC1(C)c1cccc(OS(=O)(=O)C(F)(F)F)c1. The summed E-state index contributed by atoms with van der Waals surface area (Å²) in [7, 11) is -5.64. The van der Waals surface area contributed by atoms with E-state index in [-0.39, 0.29) is 17.1 Å². The van der Waals surface area contributed by atoms with E-state index in [0.29, 0.717) is 0 Å². The first kappa shape index (κ1) is 17.1. The molecule has 1 aliphatic rings. The molecule has 1 saturated heterocycles. The fourth-order valence-electron chi connectivity index (χ4n) is 2.64. The average Bonchev–Trinajstić information content (AvgIpc) is 2.41. The molecule has 0 saturated carbocycles. The van der Waals surface area contributed by atoms with Crippen molar-refractivity contribution in [3.05, 3.63) is 29.8 Å². The molecule has 1 N–H and O–H groups in total. The highest BCUT2D eigenvalue weighted by atomic mass is 32.2. The van der Waals surface area contributed by atoms with E-state index < -0.39 is 15.6 Å². The molecule has 0 bridgehead atoms. The molecule has 1 fully saturated rings. The zero-order valence-electron chi connectivity index (χ0n) is 12.3. The lowest BCUT2D eigenvalue weighted by molar-refractivity contribution is -0.0500. The Morgan fingerprint density at radius 2 is 2.05 bits per heavy atom. The summed E-state index contributed by atoms with van der Waals surface area (Å²) in [6.45, 7) is 5.66. The van der Waals surface area contributed by atoms with Crippen molar-refractivity contribution in [2.75, 3.05) is 13.1 Å². The Labute approximate surface area is 127 Å². The van der Waals surface area contributed by atoms with Gasteiger partial charge in [0, 0.05) is 0 Å². The Hall–Kier alpha value is -1.28. The van der Waals surface area contributed by atoms with Crippen molar-refractivity contribution >= 4 is 10.1 Å². The topological polar surface area (TPSA) is 55.4 Å². The largest absolute Gasteiger partial charge is 0.534 e. The summed E-state index contributed by atoms with van der Waals surface area (Å²) in [5.41, 5.74) is -4.90. The lowest BCUT2D eigenvalue weighted by Gasteiger charge is -2.40. The van der Waals surface area contributed by atoms with Gasteiger partial charge in [-0.2, -0.15) is 21.6 Å². The van der Waals surface area contributed by atoms with E-state index in [2.05, 4.69) is 9.50 Å². The van der Waals surface area contributed by atoms with Crippen LogP contribution in [0.25, 0.3) is 0 Å². The molecule has 2 unspecified atom stereocenters. The molecule has 0 radical (unpaired) electrons. The van der Waals surface area contributed by atoms with Crippen LogP contribution in [0, 0.1) is 5.92 Å². The van der Waals surface area contributed by atoms with Crippen molar-refractivity contribution in [2.24, 2.45) is 5.92 Å². The summed E-state index contributed by atoms with van der Waals surface area (Å²) in [4.78, 5) is 0. The maximum absolute atomic E-state index is 12.4. The second-order valence-electron chi connectivity index (χ2n) is 5.78. The van der Waals surface area contributed by atoms with Gasteiger partial charge < -0.3 is 9.50 Å². The van der Waals surface area contributed by atoms with Gasteiger partial charge in [0.15, 0.2) is 0 Å².